The van der Waals surface area contributed by atoms with Gasteiger partial charge in [-0.3, -0.25) is 4.31 Å². The molecule has 2 rings (SSSR count). The maximum atomic E-state index is 12.0. The summed E-state index contributed by atoms with van der Waals surface area (Å²) in [7, 11) is -1.54. The highest BCUT2D eigenvalue weighted by molar-refractivity contribution is 7.99. The van der Waals surface area contributed by atoms with Crippen LogP contribution in [0.4, 0.5) is 5.69 Å². The van der Waals surface area contributed by atoms with Crippen LogP contribution in [0, 0.1) is 0 Å². The molecular formula is C13H19NO2S2. The summed E-state index contributed by atoms with van der Waals surface area (Å²) in [5, 5.41) is 0. The number of rotatable bonds is 5. The Morgan fingerprint density at radius 3 is 2.56 bits per heavy atom. The van der Waals surface area contributed by atoms with Gasteiger partial charge in [0.25, 0.3) is 0 Å². The lowest BCUT2D eigenvalue weighted by Crippen LogP contribution is -2.28. The van der Waals surface area contributed by atoms with Crippen molar-refractivity contribution >= 4 is 27.5 Å². The summed E-state index contributed by atoms with van der Waals surface area (Å²) < 4.78 is 25.4. The maximum absolute atomic E-state index is 12.0. The summed E-state index contributed by atoms with van der Waals surface area (Å²) in [6, 6.07) is 6.20. The molecule has 1 aliphatic rings. The van der Waals surface area contributed by atoms with Crippen molar-refractivity contribution in [2.24, 2.45) is 0 Å². The zero-order valence-electron chi connectivity index (χ0n) is 11.0. The molecule has 0 amide bonds. The molecule has 5 heteroatoms. The number of hydrogen-bond acceptors (Lipinski definition) is 3. The first kappa shape index (κ1) is 13.7. The van der Waals surface area contributed by atoms with Crippen LogP contribution >= 0.6 is 11.8 Å². The number of hydrogen-bond donors (Lipinski definition) is 0. The Labute approximate surface area is 114 Å². The van der Waals surface area contributed by atoms with Gasteiger partial charge in [0, 0.05) is 11.9 Å². The van der Waals surface area contributed by atoms with E-state index in [-0.39, 0.29) is 5.75 Å². The molecule has 0 aromatic heterocycles. The monoisotopic (exact) mass is 285 g/mol. The molecule has 18 heavy (non-hydrogen) atoms. The Bertz CT molecular complexity index is 536. The maximum Gasteiger partial charge on any atom is 0.234 e. The highest BCUT2D eigenvalue weighted by atomic mass is 32.2. The number of anilines is 1. The summed E-state index contributed by atoms with van der Waals surface area (Å²) in [5.74, 6) is 0.766. The Morgan fingerprint density at radius 2 is 2.06 bits per heavy atom. The molecule has 0 radical (unpaired) electrons. The molecule has 100 valence electrons. The fourth-order valence-electron chi connectivity index (χ4n) is 1.97. The highest BCUT2D eigenvalue weighted by Crippen LogP contribution is 2.43. The number of benzene rings is 1. The summed E-state index contributed by atoms with van der Waals surface area (Å²) in [6.07, 6.45) is 4.42. The number of thioether (sulfide) groups is 1. The van der Waals surface area contributed by atoms with Crippen molar-refractivity contribution in [3.8, 4) is 0 Å². The molecule has 0 saturated heterocycles. The molecule has 0 bridgehead atoms. The van der Waals surface area contributed by atoms with Crippen LogP contribution < -0.4 is 4.31 Å². The summed E-state index contributed by atoms with van der Waals surface area (Å²) >= 11 is 1.59. The quantitative estimate of drug-likeness (QED) is 0.780. The van der Waals surface area contributed by atoms with E-state index in [1.54, 1.807) is 25.7 Å². The van der Waals surface area contributed by atoms with E-state index in [9.17, 15) is 8.42 Å². The minimum atomic E-state index is -3.19. The van der Waals surface area contributed by atoms with E-state index in [0.717, 1.165) is 10.6 Å². The zero-order chi connectivity index (χ0) is 13.3. The molecule has 0 N–H and O–H groups in total. The first-order valence-electron chi connectivity index (χ1n) is 6.14. The second-order valence-electron chi connectivity index (χ2n) is 4.57. The van der Waals surface area contributed by atoms with E-state index in [0.29, 0.717) is 5.92 Å². The smallest absolute Gasteiger partial charge is 0.234 e. The second-order valence-corrected chi connectivity index (χ2v) is 7.71. The summed E-state index contributed by atoms with van der Waals surface area (Å²) in [5.41, 5.74) is 2.08. The molecule has 3 nitrogen and oxygen atoms in total. The third-order valence-electron chi connectivity index (χ3n) is 3.37. The van der Waals surface area contributed by atoms with Gasteiger partial charge in [0.1, 0.15) is 0 Å². The molecule has 1 fully saturated rings. The lowest BCUT2D eigenvalue weighted by molar-refractivity contribution is 0.595. The fraction of sp³-hybridized carbons (Fsp3) is 0.538. The average Bonchev–Trinajstić information content (AvgIpc) is 3.21. The van der Waals surface area contributed by atoms with Crippen molar-refractivity contribution in [3.63, 3.8) is 0 Å². The first-order chi connectivity index (χ1) is 8.49. The lowest BCUT2D eigenvalue weighted by atomic mass is 10.1. The van der Waals surface area contributed by atoms with E-state index in [4.69, 9.17) is 0 Å². The van der Waals surface area contributed by atoms with Crippen molar-refractivity contribution in [3.05, 3.63) is 23.8 Å². The van der Waals surface area contributed by atoms with Crippen LogP contribution in [0.5, 0.6) is 0 Å². The Morgan fingerprint density at radius 1 is 1.39 bits per heavy atom. The fourth-order valence-corrected chi connectivity index (χ4v) is 3.47. The number of sulfonamides is 1. The van der Waals surface area contributed by atoms with Gasteiger partial charge in [-0.1, -0.05) is 6.07 Å². The molecular weight excluding hydrogens is 266 g/mol. The Balaban J connectivity index is 2.43. The van der Waals surface area contributed by atoms with Gasteiger partial charge < -0.3 is 0 Å². The summed E-state index contributed by atoms with van der Waals surface area (Å²) in [4.78, 5) is 1.01. The van der Waals surface area contributed by atoms with E-state index < -0.39 is 10.0 Å². The van der Waals surface area contributed by atoms with E-state index in [1.165, 1.54) is 22.7 Å². The van der Waals surface area contributed by atoms with Crippen LogP contribution in [0.25, 0.3) is 0 Å². The van der Waals surface area contributed by atoms with Crippen molar-refractivity contribution in [2.45, 2.75) is 30.6 Å². The molecule has 1 aromatic carbocycles. The van der Waals surface area contributed by atoms with Crippen molar-refractivity contribution in [1.82, 2.24) is 0 Å². The molecule has 1 saturated carbocycles. The standard InChI is InChI=1S/C13H19NO2S2/c1-4-18(15,16)14(2)12-9-11(10-5-6-10)7-8-13(12)17-3/h7-10H,4-6H2,1-3H3. The molecule has 1 aliphatic carbocycles. The predicted octanol–water partition coefficient (Wildman–Crippen LogP) is 3.07. The molecule has 0 heterocycles. The third-order valence-corrected chi connectivity index (χ3v) is 5.92. The molecule has 0 unspecified atom stereocenters. The van der Waals surface area contributed by atoms with E-state index >= 15 is 0 Å². The molecule has 0 spiro atoms. The van der Waals surface area contributed by atoms with Crippen LogP contribution in [0.1, 0.15) is 31.2 Å². The second kappa shape index (κ2) is 5.13. The SMILES string of the molecule is CCS(=O)(=O)N(C)c1cc(C2CC2)ccc1SC. The predicted molar refractivity (Wildman–Crippen MR) is 78.1 cm³/mol. The number of nitrogens with zero attached hydrogens (tertiary/aromatic N) is 1. The lowest BCUT2D eigenvalue weighted by Gasteiger charge is -2.21. The van der Waals surface area contributed by atoms with Crippen molar-refractivity contribution < 1.29 is 8.42 Å². The zero-order valence-corrected chi connectivity index (χ0v) is 12.6. The van der Waals surface area contributed by atoms with E-state index in [1.807, 2.05) is 18.4 Å². The summed E-state index contributed by atoms with van der Waals surface area (Å²) in [6.45, 7) is 1.68. The van der Waals surface area contributed by atoms with Gasteiger partial charge >= 0.3 is 0 Å². The highest BCUT2D eigenvalue weighted by Gasteiger charge is 2.26. The van der Waals surface area contributed by atoms with Gasteiger partial charge in [0.05, 0.1) is 11.4 Å². The van der Waals surface area contributed by atoms with Gasteiger partial charge in [0.2, 0.25) is 10.0 Å². The van der Waals surface area contributed by atoms with Gasteiger partial charge in [-0.25, -0.2) is 8.42 Å². The minimum absolute atomic E-state index is 0.130. The normalized spacial score (nSPS) is 15.7. The largest absolute Gasteiger partial charge is 0.272 e. The molecule has 0 atom stereocenters. The minimum Gasteiger partial charge on any atom is -0.272 e. The van der Waals surface area contributed by atoms with Crippen LogP contribution in [-0.2, 0) is 10.0 Å². The molecule has 1 aromatic rings. The van der Waals surface area contributed by atoms with Gasteiger partial charge in [0.15, 0.2) is 0 Å². The Kier molecular flexibility index (Phi) is 3.92. The third kappa shape index (κ3) is 2.67. The van der Waals surface area contributed by atoms with Crippen LogP contribution in [0.2, 0.25) is 0 Å². The van der Waals surface area contributed by atoms with Crippen LogP contribution in [-0.4, -0.2) is 27.5 Å². The average molecular weight is 285 g/mol. The Hall–Kier alpha value is -0.680. The van der Waals surface area contributed by atoms with Crippen LogP contribution in [0.15, 0.2) is 23.1 Å². The van der Waals surface area contributed by atoms with E-state index in [2.05, 4.69) is 6.07 Å². The van der Waals surface area contributed by atoms with Crippen molar-refractivity contribution in [2.75, 3.05) is 23.4 Å². The van der Waals surface area contributed by atoms with Crippen molar-refractivity contribution in [1.29, 1.82) is 0 Å². The van der Waals surface area contributed by atoms with Gasteiger partial charge in [-0.05, 0) is 49.6 Å². The molecule has 0 aliphatic heterocycles. The van der Waals surface area contributed by atoms with Crippen LogP contribution in [0.3, 0.4) is 0 Å². The van der Waals surface area contributed by atoms with Gasteiger partial charge in [-0.15, -0.1) is 11.8 Å². The first-order valence-corrected chi connectivity index (χ1v) is 8.97. The van der Waals surface area contributed by atoms with Gasteiger partial charge in [-0.2, -0.15) is 0 Å². The topological polar surface area (TPSA) is 37.4 Å².